The lowest BCUT2D eigenvalue weighted by molar-refractivity contribution is -0.141. The van der Waals surface area contributed by atoms with Crippen molar-refractivity contribution >= 4 is 17.3 Å². The van der Waals surface area contributed by atoms with Gasteiger partial charge in [0.15, 0.2) is 5.82 Å². The predicted octanol–water partition coefficient (Wildman–Crippen LogP) is 2.98. The molecule has 0 amide bonds. The van der Waals surface area contributed by atoms with E-state index >= 15 is 0 Å². The Balaban J connectivity index is 1.75. The van der Waals surface area contributed by atoms with Crippen LogP contribution in [-0.4, -0.2) is 38.8 Å². The molecule has 0 radical (unpaired) electrons. The molecule has 6 nitrogen and oxygen atoms in total. The van der Waals surface area contributed by atoms with Gasteiger partial charge in [0, 0.05) is 37.1 Å². The highest BCUT2D eigenvalue weighted by Crippen LogP contribution is 2.29. The third-order valence-electron chi connectivity index (χ3n) is 4.60. The van der Waals surface area contributed by atoms with E-state index in [1.54, 1.807) is 23.0 Å². The molecule has 26 heavy (non-hydrogen) atoms. The zero-order chi connectivity index (χ0) is 18.3. The van der Waals surface area contributed by atoms with Gasteiger partial charge in [-0.3, -0.25) is 4.79 Å². The second-order valence-corrected chi connectivity index (χ2v) is 6.39. The molecule has 4 rings (SSSR count). The van der Waals surface area contributed by atoms with Crippen LogP contribution in [0.15, 0.2) is 36.7 Å². The third-order valence-corrected chi connectivity index (χ3v) is 4.60. The first-order chi connectivity index (χ1) is 12.5. The average molecular weight is 358 g/mol. The zero-order valence-electron chi connectivity index (χ0n) is 13.8. The summed E-state index contributed by atoms with van der Waals surface area (Å²) in [6.07, 6.45) is 4.63. The van der Waals surface area contributed by atoms with E-state index in [4.69, 9.17) is 0 Å². The first-order valence-electron chi connectivity index (χ1n) is 8.30. The van der Waals surface area contributed by atoms with Crippen LogP contribution >= 0.6 is 0 Å². The van der Waals surface area contributed by atoms with Crippen molar-refractivity contribution in [3.8, 4) is 11.3 Å². The highest BCUT2D eigenvalue weighted by Gasteiger charge is 2.27. The molecule has 3 aromatic rings. The van der Waals surface area contributed by atoms with Crippen LogP contribution in [-0.2, 0) is 4.79 Å². The van der Waals surface area contributed by atoms with Gasteiger partial charge in [0.2, 0.25) is 0 Å². The van der Waals surface area contributed by atoms with Crippen molar-refractivity contribution in [1.82, 2.24) is 14.6 Å². The van der Waals surface area contributed by atoms with Gasteiger partial charge in [-0.15, -0.1) is 0 Å². The van der Waals surface area contributed by atoms with E-state index in [1.165, 1.54) is 12.1 Å². The molecule has 1 fully saturated rings. The van der Waals surface area contributed by atoms with Crippen molar-refractivity contribution in [2.75, 3.05) is 18.0 Å². The Hall–Kier alpha value is -3.03. The lowest BCUT2D eigenvalue weighted by Gasteiger charge is -2.31. The molecule has 1 atom stereocenters. The third kappa shape index (κ3) is 2.98. The summed E-state index contributed by atoms with van der Waals surface area (Å²) in [5, 5.41) is 13.7. The standard InChI is InChI=1S/C18H16F2N4O2/c19-13-6-12(7-14(20)8-13)15-9-16-17(21-3-5-24(16)22-15)23-4-1-2-11(10-23)18(25)26/h3,5-9,11H,1-2,4,10H2,(H,25,26). The summed E-state index contributed by atoms with van der Waals surface area (Å²) < 4.78 is 28.6. The van der Waals surface area contributed by atoms with E-state index in [9.17, 15) is 18.7 Å². The smallest absolute Gasteiger partial charge is 0.308 e. The molecular formula is C18H16F2N4O2. The average Bonchev–Trinajstić information content (AvgIpc) is 3.05. The van der Waals surface area contributed by atoms with Crippen LogP contribution < -0.4 is 4.90 Å². The van der Waals surface area contributed by atoms with Crippen molar-refractivity contribution in [3.05, 3.63) is 48.3 Å². The molecule has 1 unspecified atom stereocenters. The molecule has 1 aliphatic heterocycles. The highest BCUT2D eigenvalue weighted by atomic mass is 19.1. The van der Waals surface area contributed by atoms with Crippen molar-refractivity contribution in [2.24, 2.45) is 5.92 Å². The molecule has 1 saturated heterocycles. The quantitative estimate of drug-likeness (QED) is 0.779. The molecule has 1 N–H and O–H groups in total. The van der Waals surface area contributed by atoms with Crippen LogP contribution in [0, 0.1) is 17.6 Å². The second-order valence-electron chi connectivity index (χ2n) is 6.39. The van der Waals surface area contributed by atoms with Crippen LogP contribution in [0.1, 0.15) is 12.8 Å². The Morgan fingerprint density at radius 3 is 2.69 bits per heavy atom. The van der Waals surface area contributed by atoms with Crippen molar-refractivity contribution in [1.29, 1.82) is 0 Å². The molecule has 8 heteroatoms. The first-order valence-corrected chi connectivity index (χ1v) is 8.30. The SMILES string of the molecule is O=C(O)C1CCCN(c2nccn3nc(-c4cc(F)cc(F)c4)cc23)C1. The van der Waals surface area contributed by atoms with E-state index in [-0.39, 0.29) is 0 Å². The lowest BCUT2D eigenvalue weighted by Crippen LogP contribution is -2.39. The number of benzene rings is 1. The lowest BCUT2D eigenvalue weighted by atomic mass is 9.98. The van der Waals surface area contributed by atoms with E-state index in [0.717, 1.165) is 12.5 Å². The number of carboxylic acid groups (broad SMARTS) is 1. The second kappa shape index (κ2) is 6.36. The van der Waals surface area contributed by atoms with Gasteiger partial charge in [0.05, 0.1) is 11.6 Å². The van der Waals surface area contributed by atoms with Gasteiger partial charge < -0.3 is 10.0 Å². The fourth-order valence-electron chi connectivity index (χ4n) is 3.37. The molecule has 0 bridgehead atoms. The number of aromatic nitrogens is 3. The highest BCUT2D eigenvalue weighted by molar-refractivity contribution is 5.77. The van der Waals surface area contributed by atoms with Crippen molar-refractivity contribution in [3.63, 3.8) is 0 Å². The van der Waals surface area contributed by atoms with E-state index < -0.39 is 23.5 Å². The number of carbonyl (C=O) groups is 1. The minimum atomic E-state index is -0.814. The van der Waals surface area contributed by atoms with Gasteiger partial charge in [-0.2, -0.15) is 5.10 Å². The van der Waals surface area contributed by atoms with Gasteiger partial charge >= 0.3 is 5.97 Å². The van der Waals surface area contributed by atoms with E-state index in [1.807, 2.05) is 4.90 Å². The van der Waals surface area contributed by atoms with Gasteiger partial charge in [0.25, 0.3) is 0 Å². The number of hydrogen-bond acceptors (Lipinski definition) is 4. The van der Waals surface area contributed by atoms with Crippen LogP contribution in [0.3, 0.4) is 0 Å². The van der Waals surface area contributed by atoms with Gasteiger partial charge in [0.1, 0.15) is 17.2 Å². The van der Waals surface area contributed by atoms with Crippen LogP contribution in [0.25, 0.3) is 16.8 Å². The number of fused-ring (bicyclic) bond motifs is 1. The molecular weight excluding hydrogens is 342 g/mol. The van der Waals surface area contributed by atoms with Gasteiger partial charge in [-0.25, -0.2) is 18.3 Å². The minimum Gasteiger partial charge on any atom is -0.481 e. The van der Waals surface area contributed by atoms with Gasteiger partial charge in [-0.1, -0.05) is 0 Å². The van der Waals surface area contributed by atoms with Crippen molar-refractivity contribution in [2.45, 2.75) is 12.8 Å². The van der Waals surface area contributed by atoms with E-state index in [2.05, 4.69) is 10.1 Å². The predicted molar refractivity (Wildman–Crippen MR) is 90.9 cm³/mol. The maximum atomic E-state index is 13.5. The molecule has 3 heterocycles. The van der Waals surface area contributed by atoms with Crippen LogP contribution in [0.5, 0.6) is 0 Å². The minimum absolute atomic E-state index is 0.333. The summed E-state index contributed by atoms with van der Waals surface area (Å²) in [4.78, 5) is 17.6. The number of nitrogens with zero attached hydrogens (tertiary/aromatic N) is 4. The summed E-state index contributed by atoms with van der Waals surface area (Å²) >= 11 is 0. The first kappa shape index (κ1) is 16.4. The molecule has 0 aliphatic carbocycles. The van der Waals surface area contributed by atoms with E-state index in [0.29, 0.717) is 42.1 Å². The van der Waals surface area contributed by atoms with Crippen molar-refractivity contribution < 1.29 is 18.7 Å². The molecule has 1 aliphatic rings. The normalized spacial score (nSPS) is 17.6. The number of hydrogen-bond donors (Lipinski definition) is 1. The number of anilines is 1. The van der Waals surface area contributed by atoms with Crippen LogP contribution in [0.2, 0.25) is 0 Å². The number of piperidine rings is 1. The number of carboxylic acids is 1. The molecule has 0 saturated carbocycles. The number of halogens is 2. The summed E-state index contributed by atoms with van der Waals surface area (Å²) in [5.41, 5.74) is 1.42. The molecule has 0 spiro atoms. The van der Waals surface area contributed by atoms with Gasteiger partial charge in [-0.05, 0) is 31.0 Å². The molecule has 134 valence electrons. The number of aliphatic carboxylic acids is 1. The topological polar surface area (TPSA) is 70.7 Å². The Labute approximate surface area is 147 Å². The summed E-state index contributed by atoms with van der Waals surface area (Å²) in [5.74, 6) is -1.97. The Morgan fingerprint density at radius 2 is 1.96 bits per heavy atom. The molecule has 1 aromatic carbocycles. The Bertz CT molecular complexity index is 968. The number of rotatable bonds is 3. The Kier molecular flexibility index (Phi) is 4.02. The van der Waals surface area contributed by atoms with Crippen LogP contribution in [0.4, 0.5) is 14.6 Å². The summed E-state index contributed by atoms with van der Waals surface area (Å²) in [6.45, 7) is 1.07. The Morgan fingerprint density at radius 1 is 1.19 bits per heavy atom. The summed E-state index contributed by atoms with van der Waals surface area (Å²) in [6, 6.07) is 4.96. The summed E-state index contributed by atoms with van der Waals surface area (Å²) in [7, 11) is 0. The maximum absolute atomic E-state index is 13.5. The maximum Gasteiger partial charge on any atom is 0.308 e. The fourth-order valence-corrected chi connectivity index (χ4v) is 3.37. The zero-order valence-corrected chi connectivity index (χ0v) is 13.8. The molecule has 2 aromatic heterocycles. The monoisotopic (exact) mass is 358 g/mol. The fraction of sp³-hybridized carbons (Fsp3) is 0.278. The largest absolute Gasteiger partial charge is 0.481 e.